The van der Waals surface area contributed by atoms with E-state index in [1.54, 1.807) is 0 Å². The van der Waals surface area contributed by atoms with Gasteiger partial charge in [-0.2, -0.15) is 4.31 Å². The lowest BCUT2D eigenvalue weighted by Gasteiger charge is -2.24. The normalized spacial score (nSPS) is 25.6. The van der Waals surface area contributed by atoms with Crippen LogP contribution in [0.15, 0.2) is 0 Å². The summed E-state index contributed by atoms with van der Waals surface area (Å²) in [6.45, 7) is 1.61. The lowest BCUT2D eigenvalue weighted by molar-refractivity contribution is 0.246. The molecule has 1 atom stereocenters. The van der Waals surface area contributed by atoms with Crippen molar-refractivity contribution in [1.29, 1.82) is 0 Å². The maximum atomic E-state index is 12.1. The number of nitrogens with one attached hydrogen (secondary N) is 1. The van der Waals surface area contributed by atoms with Crippen LogP contribution in [0.5, 0.6) is 0 Å². The third-order valence-corrected chi connectivity index (χ3v) is 5.48. The fourth-order valence-electron chi connectivity index (χ4n) is 2.30. The van der Waals surface area contributed by atoms with E-state index in [1.165, 1.54) is 4.31 Å². The molecule has 0 bridgehead atoms. The van der Waals surface area contributed by atoms with E-state index in [2.05, 4.69) is 5.32 Å². The molecule has 0 aromatic carbocycles. The molecule has 17 heavy (non-hydrogen) atoms. The molecule has 2 rings (SSSR count). The minimum Gasteiger partial charge on any atom is -0.395 e. The van der Waals surface area contributed by atoms with Crippen LogP contribution in [0.2, 0.25) is 0 Å². The van der Waals surface area contributed by atoms with Crippen LogP contribution in [-0.4, -0.2) is 55.9 Å². The van der Waals surface area contributed by atoms with Crippen LogP contribution < -0.4 is 5.32 Å². The van der Waals surface area contributed by atoms with Gasteiger partial charge in [0.15, 0.2) is 0 Å². The average molecular weight is 262 g/mol. The van der Waals surface area contributed by atoms with Gasteiger partial charge in [0, 0.05) is 19.1 Å². The summed E-state index contributed by atoms with van der Waals surface area (Å²) in [5.74, 6) is 0.623. The zero-order valence-electron chi connectivity index (χ0n) is 10.1. The van der Waals surface area contributed by atoms with Gasteiger partial charge in [0.2, 0.25) is 10.0 Å². The molecule has 0 aromatic heterocycles. The molecule has 1 saturated heterocycles. The van der Waals surface area contributed by atoms with E-state index in [4.69, 9.17) is 5.11 Å². The Labute approximate surface area is 103 Å². The summed E-state index contributed by atoms with van der Waals surface area (Å²) >= 11 is 0. The number of aliphatic hydroxyl groups is 1. The van der Waals surface area contributed by atoms with E-state index in [1.807, 2.05) is 0 Å². The summed E-state index contributed by atoms with van der Waals surface area (Å²) in [6, 6.07) is 0.260. The maximum Gasteiger partial charge on any atom is 0.214 e. The van der Waals surface area contributed by atoms with E-state index >= 15 is 0 Å². The molecule has 1 aliphatic carbocycles. The predicted octanol–water partition coefficient (Wildman–Crippen LogP) is -0.227. The van der Waals surface area contributed by atoms with E-state index in [-0.39, 0.29) is 24.9 Å². The molecule has 0 radical (unpaired) electrons. The van der Waals surface area contributed by atoms with Gasteiger partial charge < -0.3 is 10.4 Å². The second-order valence-corrected chi connectivity index (χ2v) is 7.11. The highest BCUT2D eigenvalue weighted by atomic mass is 32.2. The Morgan fingerprint density at radius 2 is 2.06 bits per heavy atom. The highest BCUT2D eigenvalue weighted by Gasteiger charge is 2.33. The largest absolute Gasteiger partial charge is 0.395 e. The lowest BCUT2D eigenvalue weighted by Crippen LogP contribution is -2.43. The Bertz CT molecular complexity index is 335. The van der Waals surface area contributed by atoms with E-state index < -0.39 is 10.0 Å². The number of nitrogens with zero attached hydrogens (tertiary/aromatic N) is 1. The first-order chi connectivity index (χ1) is 8.12. The molecule has 100 valence electrons. The molecular formula is C11H22N2O3S. The third kappa shape index (κ3) is 3.91. The summed E-state index contributed by atoms with van der Waals surface area (Å²) in [4.78, 5) is 0. The fraction of sp³-hybridized carbons (Fsp3) is 1.00. The summed E-state index contributed by atoms with van der Waals surface area (Å²) < 4.78 is 25.8. The van der Waals surface area contributed by atoms with E-state index in [9.17, 15) is 8.42 Å². The molecule has 0 aromatic rings. The van der Waals surface area contributed by atoms with Crippen LogP contribution in [0.25, 0.3) is 0 Å². The van der Waals surface area contributed by atoms with Crippen LogP contribution in [0.4, 0.5) is 0 Å². The quantitative estimate of drug-likeness (QED) is 0.665. The summed E-state index contributed by atoms with van der Waals surface area (Å²) in [6.07, 6.45) is 4.21. The summed E-state index contributed by atoms with van der Waals surface area (Å²) in [7, 11) is -3.18. The minimum absolute atomic E-state index is 0.101. The van der Waals surface area contributed by atoms with Gasteiger partial charge in [-0.05, 0) is 38.1 Å². The van der Waals surface area contributed by atoms with Crippen molar-refractivity contribution < 1.29 is 13.5 Å². The zero-order chi connectivity index (χ0) is 12.3. The number of sulfonamides is 1. The van der Waals surface area contributed by atoms with Gasteiger partial charge >= 0.3 is 0 Å². The highest BCUT2D eigenvalue weighted by molar-refractivity contribution is 7.89. The highest BCUT2D eigenvalue weighted by Crippen LogP contribution is 2.31. The molecule has 2 N–H and O–H groups in total. The monoisotopic (exact) mass is 262 g/mol. The van der Waals surface area contributed by atoms with E-state index in [0.717, 1.165) is 32.2 Å². The van der Waals surface area contributed by atoms with Gasteiger partial charge in [-0.3, -0.25) is 0 Å². The smallest absolute Gasteiger partial charge is 0.214 e. The van der Waals surface area contributed by atoms with Gasteiger partial charge in [0.05, 0.1) is 12.4 Å². The topological polar surface area (TPSA) is 69.6 Å². The first kappa shape index (κ1) is 13.3. The maximum absolute atomic E-state index is 12.1. The molecule has 0 spiro atoms. The Morgan fingerprint density at radius 1 is 1.29 bits per heavy atom. The fourth-order valence-corrected chi connectivity index (χ4v) is 4.21. The molecule has 6 heteroatoms. The average Bonchev–Trinajstić information content (AvgIpc) is 2.92. The molecular weight excluding hydrogens is 240 g/mol. The number of rotatable bonds is 7. The van der Waals surface area contributed by atoms with Crippen molar-refractivity contribution in [3.05, 3.63) is 0 Å². The van der Waals surface area contributed by atoms with Crippen molar-refractivity contribution in [2.75, 3.05) is 32.0 Å². The van der Waals surface area contributed by atoms with Gasteiger partial charge in [0.25, 0.3) is 0 Å². The predicted molar refractivity (Wildman–Crippen MR) is 66.2 cm³/mol. The molecule has 0 amide bonds. The van der Waals surface area contributed by atoms with Crippen molar-refractivity contribution >= 4 is 10.0 Å². The van der Waals surface area contributed by atoms with Crippen LogP contribution in [-0.2, 0) is 10.0 Å². The van der Waals surface area contributed by atoms with Crippen molar-refractivity contribution in [2.24, 2.45) is 5.92 Å². The third-order valence-electron chi connectivity index (χ3n) is 3.47. The summed E-state index contributed by atoms with van der Waals surface area (Å²) in [5, 5.41) is 12.3. The molecule has 1 saturated carbocycles. The van der Waals surface area contributed by atoms with Crippen molar-refractivity contribution in [3.63, 3.8) is 0 Å². The number of hydrogen-bond acceptors (Lipinski definition) is 4. The zero-order valence-corrected chi connectivity index (χ0v) is 11.0. The Hall–Kier alpha value is -0.170. The molecule has 1 heterocycles. The van der Waals surface area contributed by atoms with Gasteiger partial charge in [-0.15, -0.1) is 0 Å². The Kier molecular flexibility index (Phi) is 4.41. The SMILES string of the molecule is O=S(=O)(CC1CC1)N(CCO)CC1CCCN1. The standard InChI is InChI=1S/C11H22N2O3S/c14-7-6-13(8-11-2-1-5-12-11)17(15,16)9-10-3-4-10/h10-12,14H,1-9H2. The molecule has 2 aliphatic rings. The van der Waals surface area contributed by atoms with E-state index in [0.29, 0.717) is 12.5 Å². The van der Waals surface area contributed by atoms with Gasteiger partial charge in [-0.25, -0.2) is 8.42 Å². The van der Waals surface area contributed by atoms with Crippen LogP contribution in [0.3, 0.4) is 0 Å². The van der Waals surface area contributed by atoms with Crippen LogP contribution in [0.1, 0.15) is 25.7 Å². The number of aliphatic hydroxyl groups excluding tert-OH is 1. The van der Waals surface area contributed by atoms with Crippen molar-refractivity contribution in [2.45, 2.75) is 31.7 Å². The Balaban J connectivity index is 1.93. The van der Waals surface area contributed by atoms with Gasteiger partial charge in [0.1, 0.15) is 0 Å². The molecule has 1 aliphatic heterocycles. The lowest BCUT2D eigenvalue weighted by atomic mass is 10.2. The molecule has 5 nitrogen and oxygen atoms in total. The van der Waals surface area contributed by atoms with Crippen LogP contribution in [0, 0.1) is 5.92 Å². The Morgan fingerprint density at radius 3 is 2.59 bits per heavy atom. The molecule has 1 unspecified atom stereocenters. The first-order valence-corrected chi connectivity index (χ1v) is 8.05. The molecule has 2 fully saturated rings. The van der Waals surface area contributed by atoms with Crippen molar-refractivity contribution in [1.82, 2.24) is 9.62 Å². The second kappa shape index (κ2) is 5.65. The van der Waals surface area contributed by atoms with Crippen molar-refractivity contribution in [3.8, 4) is 0 Å². The summed E-state index contributed by atoms with van der Waals surface area (Å²) in [5.41, 5.74) is 0. The van der Waals surface area contributed by atoms with Gasteiger partial charge in [-0.1, -0.05) is 0 Å². The second-order valence-electron chi connectivity index (χ2n) is 5.10. The first-order valence-electron chi connectivity index (χ1n) is 6.44. The van der Waals surface area contributed by atoms with Crippen LogP contribution >= 0.6 is 0 Å². The number of hydrogen-bond donors (Lipinski definition) is 2. The minimum atomic E-state index is -3.18.